The molecule has 0 bridgehead atoms. The second-order valence-corrected chi connectivity index (χ2v) is 3.70. The minimum absolute atomic E-state index is 0.0918. The van der Waals surface area contributed by atoms with Crippen LogP contribution >= 0.6 is 0 Å². The first-order valence-corrected chi connectivity index (χ1v) is 4.83. The largest absolute Gasteiger partial charge is 0.393 e. The maximum Gasteiger partial charge on any atom is 0.0541 e. The molecule has 0 radical (unpaired) electrons. The van der Waals surface area contributed by atoms with Gasteiger partial charge in [-0.3, -0.25) is 0 Å². The van der Waals surface area contributed by atoms with Crippen molar-refractivity contribution in [2.45, 2.75) is 44.8 Å². The van der Waals surface area contributed by atoms with Crippen LogP contribution in [0.4, 0.5) is 0 Å². The predicted molar refractivity (Wildman–Crippen MR) is 53.9 cm³/mol. The first kappa shape index (κ1) is 10.3. The lowest BCUT2D eigenvalue weighted by Gasteiger charge is -2.25. The Morgan fingerprint density at radius 2 is 2.00 bits per heavy atom. The van der Waals surface area contributed by atoms with Gasteiger partial charge in [0, 0.05) is 18.5 Å². The van der Waals surface area contributed by atoms with E-state index in [0.717, 1.165) is 31.3 Å². The molecule has 3 heteroatoms. The lowest BCUT2D eigenvalue weighted by Crippen LogP contribution is -2.31. The molecule has 1 aliphatic rings. The zero-order chi connectivity index (χ0) is 9.68. The van der Waals surface area contributed by atoms with E-state index < -0.39 is 0 Å². The predicted octanol–water partition coefficient (Wildman–Crippen LogP) is 1.43. The number of aliphatic hydroxyl groups is 1. The molecule has 0 spiro atoms. The van der Waals surface area contributed by atoms with Crippen molar-refractivity contribution in [3.8, 4) is 0 Å². The molecule has 3 nitrogen and oxygen atoms in total. The van der Waals surface area contributed by atoms with E-state index in [1.807, 2.05) is 13.1 Å². The van der Waals surface area contributed by atoms with Crippen molar-refractivity contribution in [3.63, 3.8) is 0 Å². The van der Waals surface area contributed by atoms with Crippen LogP contribution in [0, 0.1) is 5.41 Å². The highest BCUT2D eigenvalue weighted by Gasteiger charge is 2.17. The second-order valence-electron chi connectivity index (χ2n) is 3.70. The molecule has 1 fully saturated rings. The zero-order valence-corrected chi connectivity index (χ0v) is 8.09. The SMILES string of the molecule is C/C(C=N)=C/NC1CCC(O)CC1. The minimum Gasteiger partial charge on any atom is -0.393 e. The Bertz CT molecular complexity index is 193. The lowest BCUT2D eigenvalue weighted by atomic mass is 9.93. The van der Waals surface area contributed by atoms with E-state index in [0.29, 0.717) is 6.04 Å². The summed E-state index contributed by atoms with van der Waals surface area (Å²) in [6, 6.07) is 0.485. The molecule has 0 unspecified atom stereocenters. The van der Waals surface area contributed by atoms with Crippen LogP contribution in [-0.2, 0) is 0 Å². The third-order valence-corrected chi connectivity index (χ3v) is 2.47. The fourth-order valence-corrected chi connectivity index (χ4v) is 1.53. The highest BCUT2D eigenvalue weighted by molar-refractivity contribution is 5.74. The van der Waals surface area contributed by atoms with E-state index in [1.54, 1.807) is 0 Å². The highest BCUT2D eigenvalue weighted by atomic mass is 16.3. The van der Waals surface area contributed by atoms with Gasteiger partial charge in [0.2, 0.25) is 0 Å². The van der Waals surface area contributed by atoms with Crippen LogP contribution in [0.5, 0.6) is 0 Å². The summed E-state index contributed by atoms with van der Waals surface area (Å²) in [5.74, 6) is 0. The topological polar surface area (TPSA) is 56.1 Å². The van der Waals surface area contributed by atoms with Crippen LogP contribution < -0.4 is 5.32 Å². The Hall–Kier alpha value is -0.830. The van der Waals surface area contributed by atoms with E-state index >= 15 is 0 Å². The maximum absolute atomic E-state index is 9.27. The Labute approximate surface area is 79.4 Å². The first-order valence-electron chi connectivity index (χ1n) is 4.83. The summed E-state index contributed by atoms with van der Waals surface area (Å²) in [6.45, 7) is 1.90. The van der Waals surface area contributed by atoms with Crippen LogP contribution in [0.2, 0.25) is 0 Å². The summed E-state index contributed by atoms with van der Waals surface area (Å²) < 4.78 is 0. The van der Waals surface area contributed by atoms with Crippen molar-refractivity contribution in [1.29, 1.82) is 5.41 Å². The van der Waals surface area contributed by atoms with Crippen LogP contribution in [0.25, 0.3) is 0 Å². The molecular formula is C10H18N2O. The van der Waals surface area contributed by atoms with Crippen LogP contribution in [0.15, 0.2) is 11.8 Å². The standard InChI is InChI=1S/C10H18N2O/c1-8(6-11)7-12-9-2-4-10(13)5-3-9/h6-7,9-13H,2-5H2,1H3/b8-7-,11-6?. The lowest BCUT2D eigenvalue weighted by molar-refractivity contribution is 0.119. The molecule has 1 rings (SSSR count). The molecule has 0 saturated heterocycles. The molecule has 0 aliphatic heterocycles. The van der Waals surface area contributed by atoms with Gasteiger partial charge in [-0.1, -0.05) is 0 Å². The van der Waals surface area contributed by atoms with E-state index in [2.05, 4.69) is 5.32 Å². The maximum atomic E-state index is 9.27. The number of rotatable bonds is 3. The normalized spacial score (nSPS) is 29.8. The van der Waals surface area contributed by atoms with Gasteiger partial charge in [0.25, 0.3) is 0 Å². The summed E-state index contributed by atoms with van der Waals surface area (Å²) >= 11 is 0. The number of hydrogen-bond donors (Lipinski definition) is 3. The molecule has 0 aromatic rings. The summed E-state index contributed by atoms with van der Waals surface area (Å²) in [4.78, 5) is 0. The summed E-state index contributed by atoms with van der Waals surface area (Å²) in [5, 5.41) is 19.5. The van der Waals surface area contributed by atoms with E-state index in [9.17, 15) is 5.11 Å². The summed E-state index contributed by atoms with van der Waals surface area (Å²) in [7, 11) is 0. The molecule has 0 aromatic heterocycles. The number of aliphatic hydroxyl groups excluding tert-OH is 1. The van der Waals surface area contributed by atoms with Crippen molar-refractivity contribution in [2.75, 3.05) is 0 Å². The number of hydrogen-bond acceptors (Lipinski definition) is 3. The molecule has 0 amide bonds. The minimum atomic E-state index is -0.0918. The average molecular weight is 182 g/mol. The quantitative estimate of drug-likeness (QED) is 0.578. The molecular weight excluding hydrogens is 164 g/mol. The third-order valence-electron chi connectivity index (χ3n) is 2.47. The van der Waals surface area contributed by atoms with Gasteiger partial charge in [-0.05, 0) is 38.2 Å². The number of allylic oxidation sites excluding steroid dienone is 1. The smallest absolute Gasteiger partial charge is 0.0541 e. The van der Waals surface area contributed by atoms with Crippen LogP contribution in [-0.4, -0.2) is 23.5 Å². The van der Waals surface area contributed by atoms with Crippen LogP contribution in [0.1, 0.15) is 32.6 Å². The van der Waals surface area contributed by atoms with Crippen molar-refractivity contribution < 1.29 is 5.11 Å². The Balaban J connectivity index is 2.26. The molecule has 0 aromatic carbocycles. The highest BCUT2D eigenvalue weighted by Crippen LogP contribution is 2.18. The third kappa shape index (κ3) is 3.59. The van der Waals surface area contributed by atoms with Gasteiger partial charge in [-0.15, -0.1) is 0 Å². The van der Waals surface area contributed by atoms with E-state index in [4.69, 9.17) is 5.41 Å². The van der Waals surface area contributed by atoms with E-state index in [-0.39, 0.29) is 6.10 Å². The van der Waals surface area contributed by atoms with Gasteiger partial charge in [0.15, 0.2) is 0 Å². The summed E-state index contributed by atoms with van der Waals surface area (Å²) in [5.41, 5.74) is 0.936. The molecule has 13 heavy (non-hydrogen) atoms. The summed E-state index contributed by atoms with van der Waals surface area (Å²) in [6.07, 6.45) is 6.99. The van der Waals surface area contributed by atoms with Gasteiger partial charge in [-0.2, -0.15) is 0 Å². The number of nitrogens with one attached hydrogen (secondary N) is 2. The molecule has 74 valence electrons. The van der Waals surface area contributed by atoms with Crippen molar-refractivity contribution >= 4 is 6.21 Å². The fraction of sp³-hybridized carbons (Fsp3) is 0.700. The Morgan fingerprint density at radius 1 is 1.38 bits per heavy atom. The first-order chi connectivity index (χ1) is 6.22. The molecule has 1 saturated carbocycles. The second kappa shape index (κ2) is 5.02. The monoisotopic (exact) mass is 182 g/mol. The Kier molecular flexibility index (Phi) is 3.96. The molecule has 0 heterocycles. The molecule has 1 aliphatic carbocycles. The van der Waals surface area contributed by atoms with Gasteiger partial charge >= 0.3 is 0 Å². The van der Waals surface area contributed by atoms with Gasteiger partial charge in [0.05, 0.1) is 6.10 Å². The van der Waals surface area contributed by atoms with Gasteiger partial charge in [-0.25, -0.2) is 0 Å². The van der Waals surface area contributed by atoms with E-state index in [1.165, 1.54) is 6.21 Å². The Morgan fingerprint density at radius 3 is 2.54 bits per heavy atom. The fourth-order valence-electron chi connectivity index (χ4n) is 1.53. The van der Waals surface area contributed by atoms with Crippen molar-refractivity contribution in [3.05, 3.63) is 11.8 Å². The zero-order valence-electron chi connectivity index (χ0n) is 8.09. The average Bonchev–Trinajstić information content (AvgIpc) is 2.16. The molecule has 3 N–H and O–H groups in total. The van der Waals surface area contributed by atoms with Gasteiger partial charge < -0.3 is 15.8 Å². The van der Waals surface area contributed by atoms with Gasteiger partial charge in [0.1, 0.15) is 0 Å². The van der Waals surface area contributed by atoms with Crippen molar-refractivity contribution in [2.24, 2.45) is 0 Å². The van der Waals surface area contributed by atoms with Crippen LogP contribution in [0.3, 0.4) is 0 Å². The van der Waals surface area contributed by atoms with Crippen molar-refractivity contribution in [1.82, 2.24) is 5.32 Å². The molecule has 0 atom stereocenters.